The molecule has 0 amide bonds. The molecular weight excluding hydrogens is 246 g/mol. The van der Waals surface area contributed by atoms with Crippen LogP contribution in [0.5, 0.6) is 0 Å². The van der Waals surface area contributed by atoms with Crippen LogP contribution in [0, 0.1) is 0 Å². The van der Waals surface area contributed by atoms with Crippen LogP contribution in [0.4, 0.5) is 0 Å². The van der Waals surface area contributed by atoms with E-state index in [1.54, 1.807) is 6.92 Å². The molecule has 0 aromatic heterocycles. The van der Waals surface area contributed by atoms with Crippen LogP contribution in [-0.4, -0.2) is 33.7 Å². The van der Waals surface area contributed by atoms with Gasteiger partial charge in [0.25, 0.3) is 0 Å². The van der Waals surface area contributed by atoms with Crippen molar-refractivity contribution in [1.29, 1.82) is 0 Å². The zero-order chi connectivity index (χ0) is 13.6. The van der Waals surface area contributed by atoms with E-state index in [1.165, 1.54) is 32.1 Å². The molecule has 1 aliphatic rings. The topological polar surface area (TPSA) is 49.3 Å². The molecule has 0 heterocycles. The van der Waals surface area contributed by atoms with E-state index in [4.69, 9.17) is 0 Å². The lowest BCUT2D eigenvalue weighted by atomic mass is 9.96. The Labute approximate surface area is 115 Å². The van der Waals surface area contributed by atoms with Crippen molar-refractivity contribution in [3.8, 4) is 0 Å². The standard InChI is InChI=1S/C14H27NO2S/c1-4-15-14(3,13(16)17)10-11(2)18-12-8-6-5-7-9-12/h11-12,15H,4-10H2,1-3H3,(H,16,17). The number of nitrogens with one attached hydrogen (secondary N) is 1. The quantitative estimate of drug-likeness (QED) is 0.747. The van der Waals surface area contributed by atoms with Gasteiger partial charge in [0.1, 0.15) is 5.54 Å². The molecule has 106 valence electrons. The van der Waals surface area contributed by atoms with Gasteiger partial charge in [-0.2, -0.15) is 11.8 Å². The number of carboxylic acids is 1. The minimum Gasteiger partial charge on any atom is -0.480 e. The van der Waals surface area contributed by atoms with Crippen LogP contribution in [0.2, 0.25) is 0 Å². The van der Waals surface area contributed by atoms with E-state index in [9.17, 15) is 9.90 Å². The third kappa shape index (κ3) is 4.81. The average molecular weight is 273 g/mol. The van der Waals surface area contributed by atoms with Crippen LogP contribution >= 0.6 is 11.8 Å². The maximum atomic E-state index is 11.4. The van der Waals surface area contributed by atoms with Crippen LogP contribution in [0.3, 0.4) is 0 Å². The zero-order valence-electron chi connectivity index (χ0n) is 11.9. The van der Waals surface area contributed by atoms with Crippen molar-refractivity contribution in [2.24, 2.45) is 0 Å². The monoisotopic (exact) mass is 273 g/mol. The van der Waals surface area contributed by atoms with Crippen molar-refractivity contribution in [3.05, 3.63) is 0 Å². The first-order chi connectivity index (χ1) is 8.48. The average Bonchev–Trinajstić information content (AvgIpc) is 2.30. The maximum Gasteiger partial charge on any atom is 0.323 e. The Morgan fingerprint density at radius 3 is 2.56 bits per heavy atom. The van der Waals surface area contributed by atoms with Gasteiger partial charge in [-0.25, -0.2) is 0 Å². The van der Waals surface area contributed by atoms with Crippen LogP contribution in [0.1, 0.15) is 59.3 Å². The number of likely N-dealkylation sites (N-methyl/N-ethyl adjacent to an activating group) is 1. The van der Waals surface area contributed by atoms with Crippen LogP contribution < -0.4 is 5.32 Å². The number of thioether (sulfide) groups is 1. The van der Waals surface area contributed by atoms with Gasteiger partial charge < -0.3 is 10.4 Å². The summed E-state index contributed by atoms with van der Waals surface area (Å²) >= 11 is 1.99. The van der Waals surface area contributed by atoms with E-state index < -0.39 is 11.5 Å². The molecule has 2 N–H and O–H groups in total. The van der Waals surface area contributed by atoms with Crippen molar-refractivity contribution >= 4 is 17.7 Å². The Bertz CT molecular complexity index is 267. The first-order valence-corrected chi connectivity index (χ1v) is 8.06. The van der Waals surface area contributed by atoms with E-state index >= 15 is 0 Å². The largest absolute Gasteiger partial charge is 0.480 e. The van der Waals surface area contributed by atoms with Gasteiger partial charge in [0.2, 0.25) is 0 Å². The molecule has 0 aliphatic heterocycles. The fourth-order valence-corrected chi connectivity index (χ4v) is 4.47. The Balaban J connectivity index is 2.45. The van der Waals surface area contributed by atoms with Gasteiger partial charge in [0.15, 0.2) is 0 Å². The molecule has 1 aliphatic carbocycles. The fraction of sp³-hybridized carbons (Fsp3) is 0.929. The molecule has 2 unspecified atom stereocenters. The van der Waals surface area contributed by atoms with E-state index in [-0.39, 0.29) is 0 Å². The summed E-state index contributed by atoms with van der Waals surface area (Å²) in [5.74, 6) is -0.736. The molecule has 1 fully saturated rings. The first-order valence-electron chi connectivity index (χ1n) is 7.12. The molecule has 3 nitrogen and oxygen atoms in total. The minimum absolute atomic E-state index is 0.397. The second-order valence-corrected chi connectivity index (χ2v) is 7.32. The SMILES string of the molecule is CCNC(C)(CC(C)SC1CCCCC1)C(=O)O. The van der Waals surface area contributed by atoms with Crippen molar-refractivity contribution < 1.29 is 9.90 Å². The Kier molecular flexibility index (Phi) is 6.50. The molecule has 4 heteroatoms. The maximum absolute atomic E-state index is 11.4. The van der Waals surface area contributed by atoms with Crippen LogP contribution in [0.25, 0.3) is 0 Å². The lowest BCUT2D eigenvalue weighted by Gasteiger charge is -2.31. The Hall–Kier alpha value is -0.220. The smallest absolute Gasteiger partial charge is 0.323 e. The highest BCUT2D eigenvalue weighted by atomic mass is 32.2. The summed E-state index contributed by atoms with van der Waals surface area (Å²) < 4.78 is 0. The van der Waals surface area contributed by atoms with Gasteiger partial charge in [-0.1, -0.05) is 33.1 Å². The summed E-state index contributed by atoms with van der Waals surface area (Å²) in [6.45, 7) is 6.62. The molecule has 0 aromatic rings. The zero-order valence-corrected chi connectivity index (χ0v) is 12.7. The molecule has 0 radical (unpaired) electrons. The minimum atomic E-state index is -0.782. The summed E-state index contributed by atoms with van der Waals surface area (Å²) in [6, 6.07) is 0. The van der Waals surface area contributed by atoms with Crippen molar-refractivity contribution in [3.63, 3.8) is 0 Å². The van der Waals surface area contributed by atoms with Crippen molar-refractivity contribution in [1.82, 2.24) is 5.32 Å². The number of carboxylic acid groups (broad SMARTS) is 1. The summed E-state index contributed by atoms with van der Waals surface area (Å²) in [6.07, 6.45) is 7.36. The normalized spacial score (nSPS) is 22.4. The third-order valence-corrected chi connectivity index (χ3v) is 5.20. The summed E-state index contributed by atoms with van der Waals surface area (Å²) in [7, 11) is 0. The van der Waals surface area contributed by atoms with E-state index in [0.717, 1.165) is 5.25 Å². The molecular formula is C14H27NO2S. The number of hydrogen-bond donors (Lipinski definition) is 2. The third-order valence-electron chi connectivity index (χ3n) is 3.71. The highest BCUT2D eigenvalue weighted by Crippen LogP contribution is 2.33. The molecule has 1 rings (SSSR count). The van der Waals surface area contributed by atoms with Gasteiger partial charge in [-0.15, -0.1) is 0 Å². The molecule has 0 spiro atoms. The first kappa shape index (κ1) is 15.8. The van der Waals surface area contributed by atoms with E-state index in [0.29, 0.717) is 18.2 Å². The second-order valence-electron chi connectivity index (χ2n) is 5.58. The lowest BCUT2D eigenvalue weighted by molar-refractivity contribution is -0.144. The van der Waals surface area contributed by atoms with Crippen molar-refractivity contribution in [2.75, 3.05) is 6.54 Å². The van der Waals surface area contributed by atoms with Crippen LogP contribution in [0.15, 0.2) is 0 Å². The molecule has 0 aromatic carbocycles. The summed E-state index contributed by atoms with van der Waals surface area (Å²) in [4.78, 5) is 11.4. The molecule has 0 bridgehead atoms. The molecule has 18 heavy (non-hydrogen) atoms. The van der Waals surface area contributed by atoms with Gasteiger partial charge in [-0.05, 0) is 32.7 Å². The Morgan fingerprint density at radius 2 is 2.06 bits per heavy atom. The lowest BCUT2D eigenvalue weighted by Crippen LogP contribution is -2.51. The molecule has 1 saturated carbocycles. The second kappa shape index (κ2) is 7.39. The predicted octanol–water partition coefficient (Wildman–Crippen LogP) is 3.28. The van der Waals surface area contributed by atoms with E-state index in [2.05, 4.69) is 12.2 Å². The van der Waals surface area contributed by atoms with Crippen molar-refractivity contribution in [2.45, 2.75) is 75.3 Å². The van der Waals surface area contributed by atoms with Gasteiger partial charge >= 0.3 is 5.97 Å². The van der Waals surface area contributed by atoms with Crippen LogP contribution in [-0.2, 0) is 4.79 Å². The number of carbonyl (C=O) groups is 1. The van der Waals surface area contributed by atoms with Gasteiger partial charge in [-0.3, -0.25) is 4.79 Å². The summed E-state index contributed by atoms with van der Waals surface area (Å²) in [5, 5.41) is 13.6. The highest BCUT2D eigenvalue weighted by molar-refractivity contribution is 8.00. The predicted molar refractivity (Wildman–Crippen MR) is 78.3 cm³/mol. The number of aliphatic carboxylic acids is 1. The number of rotatable bonds is 7. The Morgan fingerprint density at radius 1 is 1.44 bits per heavy atom. The fourth-order valence-electron chi connectivity index (χ4n) is 2.78. The van der Waals surface area contributed by atoms with E-state index in [1.807, 2.05) is 18.7 Å². The van der Waals surface area contributed by atoms with Gasteiger partial charge in [0.05, 0.1) is 0 Å². The van der Waals surface area contributed by atoms with Gasteiger partial charge in [0, 0.05) is 10.5 Å². The number of hydrogen-bond acceptors (Lipinski definition) is 3. The molecule has 2 atom stereocenters. The summed E-state index contributed by atoms with van der Waals surface area (Å²) in [5.41, 5.74) is -0.782. The molecule has 0 saturated heterocycles. The highest BCUT2D eigenvalue weighted by Gasteiger charge is 2.34.